The molecule has 0 atom stereocenters. The third kappa shape index (κ3) is 2.50. The second-order valence-electron chi connectivity index (χ2n) is 7.22. The van der Waals surface area contributed by atoms with Crippen molar-refractivity contribution in [1.29, 1.82) is 0 Å². The van der Waals surface area contributed by atoms with E-state index < -0.39 is 0 Å². The Bertz CT molecular complexity index is 1060. The monoisotopic (exact) mass is 334 g/mol. The van der Waals surface area contributed by atoms with Gasteiger partial charge in [0.25, 0.3) is 0 Å². The molecular formula is C22H26N2O. The topological polar surface area (TPSA) is 45.8 Å². The molecule has 0 fully saturated rings. The van der Waals surface area contributed by atoms with Gasteiger partial charge in [0, 0.05) is 17.3 Å². The molecule has 0 aliphatic carbocycles. The molecule has 3 rings (SSSR count). The highest BCUT2D eigenvalue weighted by Gasteiger charge is 2.17. The third-order valence-electron chi connectivity index (χ3n) is 6.04. The Morgan fingerprint density at radius 2 is 1.24 bits per heavy atom. The molecule has 2 heterocycles. The van der Waals surface area contributed by atoms with Crippen molar-refractivity contribution < 1.29 is 0 Å². The third-order valence-corrected chi connectivity index (χ3v) is 6.04. The van der Waals surface area contributed by atoms with Gasteiger partial charge in [0.05, 0.1) is 11.1 Å². The maximum Gasteiger partial charge on any atom is 0.191 e. The fourth-order valence-corrected chi connectivity index (χ4v) is 3.74. The predicted molar refractivity (Wildman–Crippen MR) is 106 cm³/mol. The number of pyridine rings is 2. The van der Waals surface area contributed by atoms with Crippen LogP contribution in [-0.4, -0.2) is 9.97 Å². The van der Waals surface area contributed by atoms with Gasteiger partial charge in [-0.15, -0.1) is 0 Å². The van der Waals surface area contributed by atoms with E-state index in [0.29, 0.717) is 11.0 Å². The summed E-state index contributed by atoms with van der Waals surface area (Å²) < 4.78 is 0. The minimum Gasteiger partial charge on any atom is -0.339 e. The average Bonchev–Trinajstić information content (AvgIpc) is 2.56. The van der Waals surface area contributed by atoms with Crippen molar-refractivity contribution in [2.24, 2.45) is 0 Å². The summed E-state index contributed by atoms with van der Waals surface area (Å²) in [7, 11) is 0. The van der Waals surface area contributed by atoms with Crippen LogP contribution in [0.1, 0.15) is 44.6 Å². The molecule has 3 heteroatoms. The molecular weight excluding hydrogens is 308 g/mol. The number of nitrogens with one attached hydrogen (secondary N) is 1. The summed E-state index contributed by atoms with van der Waals surface area (Å²) >= 11 is 0. The molecule has 25 heavy (non-hydrogen) atoms. The minimum absolute atomic E-state index is 0.0338. The predicted octanol–water partition coefficient (Wildman–Crippen LogP) is 5.06. The molecule has 130 valence electrons. The smallest absolute Gasteiger partial charge is 0.191 e. The summed E-state index contributed by atoms with van der Waals surface area (Å²) in [6.07, 6.45) is 0. The Balaban J connectivity index is 2.44. The Labute approximate surface area is 149 Å². The van der Waals surface area contributed by atoms with Crippen molar-refractivity contribution in [2.75, 3.05) is 0 Å². The van der Waals surface area contributed by atoms with E-state index in [1.807, 2.05) is 20.8 Å². The molecule has 0 amide bonds. The van der Waals surface area contributed by atoms with Crippen LogP contribution in [0.3, 0.4) is 0 Å². The average molecular weight is 334 g/mol. The van der Waals surface area contributed by atoms with Crippen molar-refractivity contribution in [3.05, 3.63) is 60.9 Å². The summed E-state index contributed by atoms with van der Waals surface area (Å²) in [6, 6.07) is 1.73. The first-order valence-corrected chi connectivity index (χ1v) is 8.73. The number of nitrogens with zero attached hydrogens (tertiary/aromatic N) is 1. The van der Waals surface area contributed by atoms with Crippen LogP contribution in [0.4, 0.5) is 0 Å². The molecule has 1 aromatic carbocycles. The van der Waals surface area contributed by atoms with Crippen molar-refractivity contribution in [3.8, 4) is 11.3 Å². The van der Waals surface area contributed by atoms with E-state index in [0.717, 1.165) is 28.1 Å². The van der Waals surface area contributed by atoms with Crippen LogP contribution in [-0.2, 0) is 0 Å². The van der Waals surface area contributed by atoms with Crippen LogP contribution in [0.5, 0.6) is 0 Å². The number of aryl methyl sites for hydroxylation is 2. The standard InChI is InChI=1S/C22H26N2O/c1-10-11(2)14(5)20(15(6)12(10)3)18-9-19(25)21-16(7)13(4)17(8)23-22(21)24-18/h9H,1-8H3,(H,23,24,25). The maximum absolute atomic E-state index is 12.9. The first-order chi connectivity index (χ1) is 11.6. The molecule has 3 aromatic rings. The lowest BCUT2D eigenvalue weighted by molar-refractivity contribution is 1.13. The van der Waals surface area contributed by atoms with Crippen LogP contribution in [0.25, 0.3) is 22.3 Å². The van der Waals surface area contributed by atoms with Gasteiger partial charge in [-0.2, -0.15) is 0 Å². The number of hydrogen-bond acceptors (Lipinski definition) is 2. The highest BCUT2D eigenvalue weighted by atomic mass is 16.1. The van der Waals surface area contributed by atoms with Crippen molar-refractivity contribution in [1.82, 2.24) is 9.97 Å². The Hall–Kier alpha value is -2.42. The zero-order valence-corrected chi connectivity index (χ0v) is 16.4. The van der Waals surface area contributed by atoms with Crippen LogP contribution < -0.4 is 5.43 Å². The van der Waals surface area contributed by atoms with E-state index in [2.05, 4.69) is 44.6 Å². The van der Waals surface area contributed by atoms with E-state index >= 15 is 0 Å². The summed E-state index contributed by atoms with van der Waals surface area (Å²) in [5, 5.41) is 0.697. The van der Waals surface area contributed by atoms with Gasteiger partial charge >= 0.3 is 0 Å². The van der Waals surface area contributed by atoms with Gasteiger partial charge in [0.2, 0.25) is 0 Å². The minimum atomic E-state index is 0.0338. The zero-order chi connectivity index (χ0) is 18.6. The molecule has 0 aliphatic heterocycles. The number of hydrogen-bond donors (Lipinski definition) is 1. The first kappa shape index (κ1) is 17.4. The fraction of sp³-hybridized carbons (Fsp3) is 0.364. The molecule has 0 spiro atoms. The molecule has 0 saturated heterocycles. The number of H-pyrrole nitrogens is 1. The van der Waals surface area contributed by atoms with Crippen LogP contribution >= 0.6 is 0 Å². The largest absolute Gasteiger partial charge is 0.339 e. The van der Waals surface area contributed by atoms with E-state index in [9.17, 15) is 4.79 Å². The number of aromatic nitrogens is 2. The lowest BCUT2D eigenvalue weighted by Crippen LogP contribution is -2.10. The normalized spacial score (nSPS) is 11.4. The number of rotatable bonds is 1. The Morgan fingerprint density at radius 1 is 0.720 bits per heavy atom. The van der Waals surface area contributed by atoms with Crippen molar-refractivity contribution in [2.45, 2.75) is 55.4 Å². The van der Waals surface area contributed by atoms with Crippen LogP contribution in [0.15, 0.2) is 10.9 Å². The van der Waals surface area contributed by atoms with Gasteiger partial charge < -0.3 is 4.98 Å². The van der Waals surface area contributed by atoms with E-state index in [1.54, 1.807) is 6.07 Å². The van der Waals surface area contributed by atoms with Gasteiger partial charge in [0.1, 0.15) is 5.65 Å². The lowest BCUT2D eigenvalue weighted by Gasteiger charge is -2.19. The molecule has 0 unspecified atom stereocenters. The highest BCUT2D eigenvalue weighted by molar-refractivity contribution is 5.84. The Morgan fingerprint density at radius 3 is 1.80 bits per heavy atom. The summed E-state index contributed by atoms with van der Waals surface area (Å²) in [6.45, 7) is 16.7. The van der Waals surface area contributed by atoms with E-state index in [4.69, 9.17) is 0 Å². The second-order valence-corrected chi connectivity index (χ2v) is 7.22. The molecule has 3 nitrogen and oxygen atoms in total. The van der Waals surface area contributed by atoms with Gasteiger partial charge in [-0.25, -0.2) is 4.98 Å². The SMILES string of the molecule is Cc1nc2[nH]c(-c3c(C)c(C)c(C)c(C)c3C)cc(=O)c2c(C)c1C. The molecule has 2 aromatic heterocycles. The zero-order valence-electron chi connectivity index (χ0n) is 16.4. The highest BCUT2D eigenvalue weighted by Crippen LogP contribution is 2.33. The number of aromatic amines is 1. The molecule has 0 radical (unpaired) electrons. The van der Waals surface area contributed by atoms with Gasteiger partial charge in [-0.05, 0) is 94.3 Å². The lowest BCUT2D eigenvalue weighted by atomic mass is 9.88. The van der Waals surface area contributed by atoms with Crippen LogP contribution in [0.2, 0.25) is 0 Å². The molecule has 0 saturated carbocycles. The molecule has 0 aliphatic rings. The molecule has 0 bridgehead atoms. The number of fused-ring (bicyclic) bond motifs is 1. The second kappa shape index (κ2) is 5.83. The van der Waals surface area contributed by atoms with Crippen molar-refractivity contribution in [3.63, 3.8) is 0 Å². The Kier molecular flexibility index (Phi) is 4.06. The quantitative estimate of drug-likeness (QED) is 0.676. The summed E-state index contributed by atoms with van der Waals surface area (Å²) in [5.74, 6) is 0. The van der Waals surface area contributed by atoms with Gasteiger partial charge in [0.15, 0.2) is 5.43 Å². The van der Waals surface area contributed by atoms with Gasteiger partial charge in [-0.3, -0.25) is 4.79 Å². The fourth-order valence-electron chi connectivity index (χ4n) is 3.74. The number of benzene rings is 1. The van der Waals surface area contributed by atoms with E-state index in [1.165, 1.54) is 27.8 Å². The summed E-state index contributed by atoms with van der Waals surface area (Å²) in [4.78, 5) is 20.9. The van der Waals surface area contributed by atoms with E-state index in [-0.39, 0.29) is 5.43 Å². The van der Waals surface area contributed by atoms with Gasteiger partial charge in [-0.1, -0.05) is 0 Å². The van der Waals surface area contributed by atoms with Crippen LogP contribution in [0, 0.1) is 55.4 Å². The maximum atomic E-state index is 12.9. The van der Waals surface area contributed by atoms with Crippen molar-refractivity contribution >= 4 is 11.0 Å². The first-order valence-electron chi connectivity index (χ1n) is 8.73. The molecule has 1 N–H and O–H groups in total. The summed E-state index contributed by atoms with van der Waals surface area (Å²) in [5.41, 5.74) is 12.1.